The molecule has 142 valence electrons. The zero-order valence-electron chi connectivity index (χ0n) is 14.9. The van der Waals surface area contributed by atoms with E-state index in [0.717, 1.165) is 17.7 Å². The van der Waals surface area contributed by atoms with Crippen molar-refractivity contribution >= 4 is 29.1 Å². The van der Waals surface area contributed by atoms with Crippen LogP contribution in [0.3, 0.4) is 0 Å². The van der Waals surface area contributed by atoms with Gasteiger partial charge in [0.05, 0.1) is 21.8 Å². The minimum atomic E-state index is -0.528. The SMILES string of the molecule is O=C(Nc1ccccc1C(=O)NCCc1ccccc1)c1ccc(F)cc1Cl. The number of hydrogen-bond acceptors (Lipinski definition) is 2. The molecule has 0 fully saturated rings. The van der Waals surface area contributed by atoms with Crippen molar-refractivity contribution in [3.8, 4) is 0 Å². The van der Waals surface area contributed by atoms with Crippen LogP contribution in [0.4, 0.5) is 10.1 Å². The summed E-state index contributed by atoms with van der Waals surface area (Å²) >= 11 is 5.94. The van der Waals surface area contributed by atoms with Crippen molar-refractivity contribution in [3.05, 3.63) is 100 Å². The number of anilines is 1. The lowest BCUT2D eigenvalue weighted by atomic mass is 10.1. The molecule has 0 spiro atoms. The fraction of sp³-hybridized carbons (Fsp3) is 0.0909. The van der Waals surface area contributed by atoms with Crippen LogP contribution in [0.2, 0.25) is 5.02 Å². The number of carbonyl (C=O) groups excluding carboxylic acids is 2. The summed E-state index contributed by atoms with van der Waals surface area (Å²) in [6.07, 6.45) is 0.701. The number of hydrogen-bond donors (Lipinski definition) is 2. The molecule has 0 atom stereocenters. The Bertz CT molecular complexity index is 993. The molecule has 0 aliphatic carbocycles. The molecule has 0 radical (unpaired) electrons. The Morgan fingerprint density at radius 1 is 0.857 bits per heavy atom. The zero-order valence-corrected chi connectivity index (χ0v) is 15.7. The van der Waals surface area contributed by atoms with E-state index in [1.54, 1.807) is 24.3 Å². The van der Waals surface area contributed by atoms with Crippen LogP contribution in [-0.4, -0.2) is 18.4 Å². The monoisotopic (exact) mass is 396 g/mol. The van der Waals surface area contributed by atoms with Crippen LogP contribution in [0.1, 0.15) is 26.3 Å². The van der Waals surface area contributed by atoms with Gasteiger partial charge in [-0.05, 0) is 42.3 Å². The molecule has 0 heterocycles. The largest absolute Gasteiger partial charge is 0.352 e. The highest BCUT2D eigenvalue weighted by Gasteiger charge is 2.16. The van der Waals surface area contributed by atoms with Gasteiger partial charge in [0, 0.05) is 6.54 Å². The molecule has 3 aromatic carbocycles. The summed E-state index contributed by atoms with van der Waals surface area (Å²) in [5, 5.41) is 5.53. The standard InChI is InChI=1S/C22H18ClFN2O2/c23-19-14-16(24)10-11-17(19)22(28)26-20-9-5-4-8-18(20)21(27)25-13-12-15-6-2-1-3-7-15/h1-11,14H,12-13H2,(H,25,27)(H,26,28). The average Bonchev–Trinajstić information content (AvgIpc) is 2.69. The third-order valence-corrected chi connectivity index (χ3v) is 4.45. The maximum atomic E-state index is 13.2. The summed E-state index contributed by atoms with van der Waals surface area (Å²) in [4.78, 5) is 25.0. The molecule has 0 bridgehead atoms. The Hall–Kier alpha value is -3.18. The second-order valence-corrected chi connectivity index (χ2v) is 6.52. The molecule has 3 rings (SSSR count). The Morgan fingerprint density at radius 2 is 1.57 bits per heavy atom. The number of benzene rings is 3. The molecule has 0 saturated heterocycles. The van der Waals surface area contributed by atoms with Crippen molar-refractivity contribution in [2.45, 2.75) is 6.42 Å². The smallest absolute Gasteiger partial charge is 0.257 e. The highest BCUT2D eigenvalue weighted by atomic mass is 35.5. The normalized spacial score (nSPS) is 10.4. The molecule has 3 aromatic rings. The third kappa shape index (κ3) is 4.96. The molecule has 0 aliphatic rings. The van der Waals surface area contributed by atoms with Crippen molar-refractivity contribution < 1.29 is 14.0 Å². The molecule has 0 unspecified atom stereocenters. The fourth-order valence-corrected chi connectivity index (χ4v) is 2.97. The van der Waals surface area contributed by atoms with Gasteiger partial charge in [-0.25, -0.2) is 4.39 Å². The average molecular weight is 397 g/mol. The summed E-state index contributed by atoms with van der Waals surface area (Å²) in [6, 6.07) is 20.0. The molecule has 4 nitrogen and oxygen atoms in total. The molecule has 0 aromatic heterocycles. The first-order valence-corrected chi connectivity index (χ1v) is 9.10. The summed E-state index contributed by atoms with van der Waals surface area (Å²) < 4.78 is 13.2. The first kappa shape index (κ1) is 19.6. The second-order valence-electron chi connectivity index (χ2n) is 6.12. The number of halogens is 2. The quantitative estimate of drug-likeness (QED) is 0.634. The molecule has 6 heteroatoms. The van der Waals surface area contributed by atoms with Crippen LogP contribution in [0.25, 0.3) is 0 Å². The van der Waals surface area contributed by atoms with Crippen LogP contribution < -0.4 is 10.6 Å². The van der Waals surface area contributed by atoms with Gasteiger partial charge in [0.1, 0.15) is 5.82 Å². The van der Waals surface area contributed by atoms with Crippen LogP contribution in [0.5, 0.6) is 0 Å². The fourth-order valence-electron chi connectivity index (χ4n) is 2.71. The molecule has 2 N–H and O–H groups in total. The van der Waals surface area contributed by atoms with E-state index in [4.69, 9.17) is 11.6 Å². The van der Waals surface area contributed by atoms with E-state index in [9.17, 15) is 14.0 Å². The van der Waals surface area contributed by atoms with Crippen molar-refractivity contribution in [3.63, 3.8) is 0 Å². The molecule has 0 saturated carbocycles. The summed E-state index contributed by atoms with van der Waals surface area (Å²) in [5.74, 6) is -1.34. The first-order chi connectivity index (χ1) is 13.5. The van der Waals surface area contributed by atoms with E-state index < -0.39 is 11.7 Å². The maximum absolute atomic E-state index is 13.2. The number of rotatable bonds is 6. The predicted octanol–water partition coefficient (Wildman–Crippen LogP) is 4.70. The highest BCUT2D eigenvalue weighted by molar-refractivity contribution is 6.34. The Kier molecular flexibility index (Phi) is 6.40. The van der Waals surface area contributed by atoms with E-state index in [2.05, 4.69) is 10.6 Å². The summed E-state index contributed by atoms with van der Waals surface area (Å²) in [5.41, 5.74) is 1.94. The van der Waals surface area contributed by atoms with Crippen LogP contribution >= 0.6 is 11.6 Å². The van der Waals surface area contributed by atoms with E-state index in [-0.39, 0.29) is 16.5 Å². The van der Waals surface area contributed by atoms with E-state index in [1.165, 1.54) is 6.07 Å². The van der Waals surface area contributed by atoms with Gasteiger partial charge in [-0.2, -0.15) is 0 Å². The van der Waals surface area contributed by atoms with Crippen LogP contribution in [0.15, 0.2) is 72.8 Å². The van der Waals surface area contributed by atoms with Gasteiger partial charge in [-0.15, -0.1) is 0 Å². The summed E-state index contributed by atoms with van der Waals surface area (Å²) in [6.45, 7) is 0.467. The lowest BCUT2D eigenvalue weighted by molar-refractivity contribution is 0.0955. The van der Waals surface area contributed by atoms with Crippen molar-refractivity contribution in [1.82, 2.24) is 5.32 Å². The van der Waals surface area contributed by atoms with Crippen LogP contribution in [-0.2, 0) is 6.42 Å². The maximum Gasteiger partial charge on any atom is 0.257 e. The molecule has 2 amide bonds. The Balaban J connectivity index is 1.68. The first-order valence-electron chi connectivity index (χ1n) is 8.72. The van der Waals surface area contributed by atoms with Gasteiger partial charge < -0.3 is 10.6 Å². The predicted molar refractivity (Wildman–Crippen MR) is 108 cm³/mol. The topological polar surface area (TPSA) is 58.2 Å². The summed E-state index contributed by atoms with van der Waals surface area (Å²) in [7, 11) is 0. The number of carbonyl (C=O) groups is 2. The number of amides is 2. The third-order valence-electron chi connectivity index (χ3n) is 4.14. The van der Waals surface area contributed by atoms with Gasteiger partial charge in [0.2, 0.25) is 0 Å². The van der Waals surface area contributed by atoms with E-state index in [0.29, 0.717) is 24.2 Å². The molecular weight excluding hydrogens is 379 g/mol. The molecule has 28 heavy (non-hydrogen) atoms. The molecule has 0 aliphatic heterocycles. The van der Waals surface area contributed by atoms with E-state index >= 15 is 0 Å². The van der Waals surface area contributed by atoms with Crippen molar-refractivity contribution in [2.75, 3.05) is 11.9 Å². The number of para-hydroxylation sites is 1. The Morgan fingerprint density at radius 3 is 2.32 bits per heavy atom. The van der Waals surface area contributed by atoms with Gasteiger partial charge in [-0.1, -0.05) is 54.1 Å². The Labute approximate surface area is 167 Å². The molecular formula is C22H18ClFN2O2. The van der Waals surface area contributed by atoms with Gasteiger partial charge in [0.15, 0.2) is 0 Å². The minimum absolute atomic E-state index is 0.00212. The van der Waals surface area contributed by atoms with Crippen molar-refractivity contribution in [2.24, 2.45) is 0 Å². The van der Waals surface area contributed by atoms with Gasteiger partial charge in [0.25, 0.3) is 11.8 Å². The second kappa shape index (κ2) is 9.15. The lowest BCUT2D eigenvalue weighted by Gasteiger charge is -2.12. The lowest BCUT2D eigenvalue weighted by Crippen LogP contribution is -2.27. The van der Waals surface area contributed by atoms with E-state index in [1.807, 2.05) is 30.3 Å². The zero-order chi connectivity index (χ0) is 19.9. The number of nitrogens with one attached hydrogen (secondary N) is 2. The van der Waals surface area contributed by atoms with Gasteiger partial charge in [-0.3, -0.25) is 9.59 Å². The van der Waals surface area contributed by atoms with Gasteiger partial charge >= 0.3 is 0 Å². The van der Waals surface area contributed by atoms with Crippen LogP contribution in [0, 0.1) is 5.82 Å². The minimum Gasteiger partial charge on any atom is -0.352 e. The van der Waals surface area contributed by atoms with Crippen molar-refractivity contribution in [1.29, 1.82) is 0 Å². The highest BCUT2D eigenvalue weighted by Crippen LogP contribution is 2.21.